The van der Waals surface area contributed by atoms with Crippen LogP contribution in [0.3, 0.4) is 0 Å². The van der Waals surface area contributed by atoms with E-state index in [1.807, 2.05) is 13.8 Å². The van der Waals surface area contributed by atoms with Gasteiger partial charge in [-0.25, -0.2) is 0 Å². The predicted molar refractivity (Wildman–Crippen MR) is 46.9 cm³/mol. The Kier molecular flexibility index (Phi) is 1.79. The second-order valence-electron chi connectivity index (χ2n) is 4.11. The van der Waals surface area contributed by atoms with E-state index >= 15 is 0 Å². The fraction of sp³-hybridized carbons (Fsp3) is 0.778. The van der Waals surface area contributed by atoms with Crippen molar-refractivity contribution in [3.63, 3.8) is 0 Å². The molecule has 1 heterocycles. The predicted octanol–water partition coefficient (Wildman–Crippen LogP) is -0.236. The second-order valence-corrected chi connectivity index (χ2v) is 4.11. The van der Waals surface area contributed by atoms with Gasteiger partial charge < -0.3 is 20.3 Å². The molecule has 4 nitrogen and oxygen atoms in total. The SMILES string of the molecule is C=C1[C@@H](N)[C@H](O)[C@H]2OC(C)(C)O[C@@H]12. The van der Waals surface area contributed by atoms with Crippen LogP contribution < -0.4 is 5.73 Å². The van der Waals surface area contributed by atoms with Crippen molar-refractivity contribution in [1.29, 1.82) is 0 Å². The smallest absolute Gasteiger partial charge is 0.164 e. The van der Waals surface area contributed by atoms with Crippen LogP contribution in [-0.4, -0.2) is 35.2 Å². The molecule has 74 valence electrons. The van der Waals surface area contributed by atoms with Crippen LogP contribution in [-0.2, 0) is 9.47 Å². The quantitative estimate of drug-likeness (QED) is 0.511. The summed E-state index contributed by atoms with van der Waals surface area (Å²) in [4.78, 5) is 0. The molecule has 3 N–H and O–H groups in total. The molecule has 0 aromatic carbocycles. The minimum atomic E-state index is -0.695. The maximum absolute atomic E-state index is 9.68. The van der Waals surface area contributed by atoms with Crippen LogP contribution in [0, 0.1) is 0 Å². The van der Waals surface area contributed by atoms with Crippen LogP contribution in [0.25, 0.3) is 0 Å². The summed E-state index contributed by atoms with van der Waals surface area (Å²) in [5.74, 6) is -0.639. The van der Waals surface area contributed by atoms with E-state index in [0.29, 0.717) is 0 Å². The average molecular weight is 185 g/mol. The lowest BCUT2D eigenvalue weighted by Gasteiger charge is -2.22. The number of aliphatic hydroxyl groups is 1. The lowest BCUT2D eigenvalue weighted by Crippen LogP contribution is -2.38. The van der Waals surface area contributed by atoms with Crippen molar-refractivity contribution in [2.75, 3.05) is 0 Å². The summed E-state index contributed by atoms with van der Waals surface area (Å²) in [6.45, 7) is 7.44. The van der Waals surface area contributed by atoms with Gasteiger partial charge in [-0.05, 0) is 19.4 Å². The molecule has 1 aliphatic carbocycles. The van der Waals surface area contributed by atoms with Gasteiger partial charge >= 0.3 is 0 Å². The van der Waals surface area contributed by atoms with Gasteiger partial charge in [-0.2, -0.15) is 0 Å². The summed E-state index contributed by atoms with van der Waals surface area (Å²) in [5.41, 5.74) is 6.42. The lowest BCUT2D eigenvalue weighted by atomic mass is 10.1. The molecule has 4 heteroatoms. The molecular formula is C9H15NO3. The van der Waals surface area contributed by atoms with Gasteiger partial charge in [0.1, 0.15) is 18.3 Å². The molecule has 0 unspecified atom stereocenters. The maximum Gasteiger partial charge on any atom is 0.164 e. The van der Waals surface area contributed by atoms with Crippen LogP contribution in [0.2, 0.25) is 0 Å². The van der Waals surface area contributed by atoms with Crippen molar-refractivity contribution in [3.8, 4) is 0 Å². The highest BCUT2D eigenvalue weighted by molar-refractivity contribution is 5.25. The second kappa shape index (κ2) is 2.54. The van der Waals surface area contributed by atoms with Crippen molar-refractivity contribution in [3.05, 3.63) is 12.2 Å². The summed E-state index contributed by atoms with van der Waals surface area (Å²) in [6.07, 6.45) is -1.29. The first-order chi connectivity index (χ1) is 5.92. The Morgan fingerprint density at radius 3 is 2.62 bits per heavy atom. The Hall–Kier alpha value is -0.420. The molecule has 1 saturated heterocycles. The fourth-order valence-electron chi connectivity index (χ4n) is 1.94. The highest BCUT2D eigenvalue weighted by Gasteiger charge is 2.54. The Labute approximate surface area is 77.3 Å². The largest absolute Gasteiger partial charge is 0.388 e. The zero-order chi connectivity index (χ0) is 9.80. The van der Waals surface area contributed by atoms with E-state index in [-0.39, 0.29) is 12.2 Å². The highest BCUT2D eigenvalue weighted by atomic mass is 16.8. The summed E-state index contributed by atoms with van der Waals surface area (Å²) in [7, 11) is 0. The first kappa shape index (κ1) is 9.15. The zero-order valence-corrected chi connectivity index (χ0v) is 7.86. The zero-order valence-electron chi connectivity index (χ0n) is 7.86. The van der Waals surface area contributed by atoms with E-state index in [1.165, 1.54) is 0 Å². The van der Waals surface area contributed by atoms with Crippen molar-refractivity contribution >= 4 is 0 Å². The molecular weight excluding hydrogens is 170 g/mol. The molecule has 2 rings (SSSR count). The van der Waals surface area contributed by atoms with Gasteiger partial charge in [0.05, 0.1) is 6.04 Å². The summed E-state index contributed by atoms with van der Waals surface area (Å²) < 4.78 is 11.1. The van der Waals surface area contributed by atoms with Crippen LogP contribution in [0.1, 0.15) is 13.8 Å². The molecule has 0 aromatic rings. The molecule has 0 aromatic heterocycles. The Morgan fingerprint density at radius 2 is 2.08 bits per heavy atom. The van der Waals surface area contributed by atoms with E-state index < -0.39 is 17.9 Å². The van der Waals surface area contributed by atoms with Crippen molar-refractivity contribution in [2.24, 2.45) is 5.73 Å². The highest BCUT2D eigenvalue weighted by Crippen LogP contribution is 2.39. The van der Waals surface area contributed by atoms with E-state index in [2.05, 4.69) is 6.58 Å². The summed E-state index contributed by atoms with van der Waals surface area (Å²) in [5, 5.41) is 9.68. The molecule has 0 spiro atoms. The number of hydrogen-bond donors (Lipinski definition) is 2. The van der Waals surface area contributed by atoms with Crippen LogP contribution in [0.5, 0.6) is 0 Å². The van der Waals surface area contributed by atoms with E-state index in [4.69, 9.17) is 15.2 Å². The van der Waals surface area contributed by atoms with Crippen molar-refractivity contribution in [2.45, 2.75) is 44.0 Å². The minimum Gasteiger partial charge on any atom is -0.388 e. The van der Waals surface area contributed by atoms with Gasteiger partial charge in [0.25, 0.3) is 0 Å². The van der Waals surface area contributed by atoms with E-state index in [9.17, 15) is 5.11 Å². The van der Waals surface area contributed by atoms with E-state index in [1.54, 1.807) is 0 Å². The van der Waals surface area contributed by atoms with Crippen LogP contribution >= 0.6 is 0 Å². The van der Waals surface area contributed by atoms with Crippen LogP contribution in [0.15, 0.2) is 12.2 Å². The molecule has 1 saturated carbocycles. The van der Waals surface area contributed by atoms with Crippen molar-refractivity contribution in [1.82, 2.24) is 0 Å². The number of hydrogen-bond acceptors (Lipinski definition) is 4. The Balaban J connectivity index is 2.23. The molecule has 1 aliphatic heterocycles. The Morgan fingerprint density at radius 1 is 1.46 bits per heavy atom. The average Bonchev–Trinajstić information content (AvgIpc) is 2.44. The number of aliphatic hydroxyl groups excluding tert-OH is 1. The van der Waals surface area contributed by atoms with Gasteiger partial charge in [-0.1, -0.05) is 6.58 Å². The topological polar surface area (TPSA) is 64.7 Å². The molecule has 13 heavy (non-hydrogen) atoms. The van der Waals surface area contributed by atoms with Crippen molar-refractivity contribution < 1.29 is 14.6 Å². The summed E-state index contributed by atoms with van der Waals surface area (Å²) >= 11 is 0. The molecule has 2 fully saturated rings. The number of fused-ring (bicyclic) bond motifs is 1. The van der Waals surface area contributed by atoms with Gasteiger partial charge in [-0.15, -0.1) is 0 Å². The Bertz CT molecular complexity index is 251. The standard InChI is InChI=1S/C9H15NO3/c1-4-5(10)6(11)8-7(4)12-9(2,3)13-8/h5-8,11H,1,10H2,2-3H3/t5-,6+,7+,8-/m1/s1. The first-order valence-electron chi connectivity index (χ1n) is 4.40. The maximum atomic E-state index is 9.68. The summed E-state index contributed by atoms with van der Waals surface area (Å²) in [6, 6.07) is -0.425. The number of ether oxygens (including phenoxy) is 2. The normalized spacial score (nSPS) is 48.2. The molecule has 0 radical (unpaired) electrons. The van der Waals surface area contributed by atoms with E-state index in [0.717, 1.165) is 5.57 Å². The minimum absolute atomic E-state index is 0.250. The molecule has 2 aliphatic rings. The number of nitrogens with two attached hydrogens (primary N) is 1. The van der Waals surface area contributed by atoms with Gasteiger partial charge in [-0.3, -0.25) is 0 Å². The first-order valence-corrected chi connectivity index (χ1v) is 4.40. The van der Waals surface area contributed by atoms with Gasteiger partial charge in [0, 0.05) is 0 Å². The number of rotatable bonds is 0. The molecule has 0 bridgehead atoms. The lowest BCUT2D eigenvalue weighted by molar-refractivity contribution is -0.158. The fourth-order valence-corrected chi connectivity index (χ4v) is 1.94. The third kappa shape index (κ3) is 1.21. The van der Waals surface area contributed by atoms with Crippen LogP contribution in [0.4, 0.5) is 0 Å². The van der Waals surface area contributed by atoms with Gasteiger partial charge in [0.2, 0.25) is 0 Å². The third-order valence-corrected chi connectivity index (χ3v) is 2.63. The van der Waals surface area contributed by atoms with Gasteiger partial charge in [0.15, 0.2) is 5.79 Å². The monoisotopic (exact) mass is 185 g/mol. The third-order valence-electron chi connectivity index (χ3n) is 2.63. The molecule has 4 atom stereocenters. The molecule has 0 amide bonds.